The molecule has 1 aliphatic carbocycles. The molecular weight excluding hydrogens is 353 g/mol. The van der Waals surface area contributed by atoms with Crippen LogP contribution < -0.4 is 5.32 Å². The highest BCUT2D eigenvalue weighted by atomic mass is 35.5. The summed E-state index contributed by atoms with van der Waals surface area (Å²) in [5.41, 5.74) is 2.35. The predicted octanol–water partition coefficient (Wildman–Crippen LogP) is 3.85. The number of nitrogens with one attached hydrogen (secondary N) is 2. The van der Waals surface area contributed by atoms with E-state index in [1.54, 1.807) is 18.3 Å². The molecule has 6 heteroatoms. The van der Waals surface area contributed by atoms with Crippen molar-refractivity contribution in [1.29, 1.82) is 0 Å². The first kappa shape index (κ1) is 18.9. The Hall–Kier alpha value is -1.85. The van der Waals surface area contributed by atoms with Gasteiger partial charge in [-0.05, 0) is 55.8 Å². The maximum Gasteiger partial charge on any atom is 0.256 e. The highest BCUT2D eigenvalue weighted by molar-refractivity contribution is 6.00. The van der Waals surface area contributed by atoms with E-state index in [1.165, 1.54) is 25.0 Å². The van der Waals surface area contributed by atoms with Crippen molar-refractivity contribution in [3.05, 3.63) is 48.0 Å². The fraction of sp³-hybridized carbons (Fsp3) is 0.450. The maximum atomic E-state index is 13.1. The Morgan fingerprint density at radius 1 is 1.12 bits per heavy atom. The quantitative estimate of drug-likeness (QED) is 0.831. The van der Waals surface area contributed by atoms with Gasteiger partial charge in [0.25, 0.3) is 5.91 Å². The minimum Gasteiger partial charge on any atom is -0.366 e. The summed E-state index contributed by atoms with van der Waals surface area (Å²) in [5, 5.41) is 3.64. The topological polar surface area (TPSA) is 48.1 Å². The number of rotatable bonds is 5. The third-order valence-corrected chi connectivity index (χ3v) is 5.31. The monoisotopic (exact) mass is 377 g/mol. The van der Waals surface area contributed by atoms with Gasteiger partial charge in [0, 0.05) is 37.1 Å². The summed E-state index contributed by atoms with van der Waals surface area (Å²) in [6.45, 7) is 2.70. The Morgan fingerprint density at radius 3 is 2.46 bits per heavy atom. The lowest BCUT2D eigenvalue weighted by molar-refractivity contribution is 0.0706. The molecule has 0 atom stereocenters. The molecule has 26 heavy (non-hydrogen) atoms. The van der Waals surface area contributed by atoms with Gasteiger partial charge in [0.05, 0.1) is 5.56 Å². The molecule has 1 saturated heterocycles. The molecule has 2 fully saturated rings. The molecule has 1 aromatic heterocycles. The van der Waals surface area contributed by atoms with Crippen LogP contribution in [0.3, 0.4) is 0 Å². The van der Waals surface area contributed by atoms with Gasteiger partial charge in [-0.15, -0.1) is 12.4 Å². The molecule has 0 radical (unpaired) electrons. The van der Waals surface area contributed by atoms with Crippen LogP contribution in [-0.4, -0.2) is 41.5 Å². The average Bonchev–Trinajstić information content (AvgIpc) is 3.35. The highest BCUT2D eigenvalue weighted by Gasteiger charge is 2.27. The normalized spacial score (nSPS) is 17.8. The van der Waals surface area contributed by atoms with Crippen LogP contribution in [0, 0.1) is 11.7 Å². The lowest BCUT2D eigenvalue weighted by Gasteiger charge is -2.32. The average molecular weight is 378 g/mol. The molecule has 4 rings (SSSR count). The predicted molar refractivity (Wildman–Crippen MR) is 103 cm³/mol. The van der Waals surface area contributed by atoms with Crippen molar-refractivity contribution in [2.75, 3.05) is 19.6 Å². The second-order valence-corrected chi connectivity index (χ2v) is 7.21. The summed E-state index contributed by atoms with van der Waals surface area (Å²) in [4.78, 5) is 17.9. The van der Waals surface area contributed by atoms with Crippen LogP contribution in [0.15, 0.2) is 36.7 Å². The maximum absolute atomic E-state index is 13.1. The fourth-order valence-corrected chi connectivity index (χ4v) is 3.52. The van der Waals surface area contributed by atoms with Crippen molar-refractivity contribution >= 4 is 18.3 Å². The fourth-order valence-electron chi connectivity index (χ4n) is 3.52. The van der Waals surface area contributed by atoms with Crippen molar-refractivity contribution in [2.45, 2.75) is 31.7 Å². The van der Waals surface area contributed by atoms with Crippen molar-refractivity contribution in [3.63, 3.8) is 0 Å². The van der Waals surface area contributed by atoms with Crippen LogP contribution in [0.2, 0.25) is 0 Å². The zero-order valence-electron chi connectivity index (χ0n) is 14.7. The van der Waals surface area contributed by atoms with Crippen molar-refractivity contribution in [1.82, 2.24) is 15.2 Å². The molecule has 0 spiro atoms. The van der Waals surface area contributed by atoms with Gasteiger partial charge < -0.3 is 15.2 Å². The highest BCUT2D eigenvalue weighted by Crippen LogP contribution is 2.29. The van der Waals surface area contributed by atoms with E-state index in [-0.39, 0.29) is 24.1 Å². The molecule has 2 heterocycles. The van der Waals surface area contributed by atoms with Crippen LogP contribution in [0.5, 0.6) is 0 Å². The Bertz CT molecular complexity index is 734. The number of hydrogen-bond donors (Lipinski definition) is 2. The Morgan fingerprint density at radius 2 is 1.81 bits per heavy atom. The van der Waals surface area contributed by atoms with E-state index < -0.39 is 0 Å². The molecule has 2 N–H and O–H groups in total. The lowest BCUT2D eigenvalue weighted by atomic mass is 10.0. The summed E-state index contributed by atoms with van der Waals surface area (Å²) in [7, 11) is 0. The molecule has 1 aromatic carbocycles. The first-order valence-electron chi connectivity index (χ1n) is 9.16. The third kappa shape index (κ3) is 4.27. The number of carbonyl (C=O) groups excluding carboxylic acids is 1. The second kappa shape index (κ2) is 8.23. The van der Waals surface area contributed by atoms with Crippen LogP contribution in [0.25, 0.3) is 11.1 Å². The minimum absolute atomic E-state index is 0. The number of aromatic amines is 1. The lowest BCUT2D eigenvalue weighted by Crippen LogP contribution is -2.45. The molecular formula is C20H25ClFN3O. The van der Waals surface area contributed by atoms with E-state index in [0.29, 0.717) is 11.6 Å². The van der Waals surface area contributed by atoms with Crippen LogP contribution in [-0.2, 0) is 0 Å². The molecule has 1 saturated carbocycles. The SMILES string of the molecule is Cl.O=C(c1c[nH]cc1-c1ccc(F)cc1)N1CCC(NCC2CC2)CC1. The third-order valence-electron chi connectivity index (χ3n) is 5.31. The van der Waals surface area contributed by atoms with E-state index in [4.69, 9.17) is 0 Å². The van der Waals surface area contributed by atoms with Crippen LogP contribution in [0.1, 0.15) is 36.0 Å². The summed E-state index contributed by atoms with van der Waals surface area (Å²) in [6, 6.07) is 6.81. The number of likely N-dealkylation sites (tertiary alicyclic amines) is 1. The van der Waals surface area contributed by atoms with Crippen molar-refractivity contribution in [3.8, 4) is 11.1 Å². The number of nitrogens with zero attached hydrogens (tertiary/aromatic N) is 1. The molecule has 4 nitrogen and oxygen atoms in total. The zero-order valence-corrected chi connectivity index (χ0v) is 15.5. The van der Waals surface area contributed by atoms with E-state index in [2.05, 4.69) is 10.3 Å². The number of piperidine rings is 1. The second-order valence-electron chi connectivity index (χ2n) is 7.21. The molecule has 1 amide bonds. The Balaban J connectivity index is 0.00000196. The molecule has 1 aliphatic heterocycles. The summed E-state index contributed by atoms with van der Waals surface area (Å²) in [6.07, 6.45) is 8.31. The summed E-state index contributed by atoms with van der Waals surface area (Å²) < 4.78 is 13.1. The summed E-state index contributed by atoms with van der Waals surface area (Å²) >= 11 is 0. The standard InChI is InChI=1S/C20H24FN3O.ClH/c21-16-5-3-15(4-6-16)18-12-22-13-19(18)20(25)24-9-7-17(8-10-24)23-11-14-1-2-14;/h3-6,12-14,17,22-23H,1-2,7-11H2;1H. The van der Waals surface area contributed by atoms with Gasteiger partial charge in [-0.1, -0.05) is 12.1 Å². The van der Waals surface area contributed by atoms with Gasteiger partial charge in [0.1, 0.15) is 5.82 Å². The van der Waals surface area contributed by atoms with E-state index in [9.17, 15) is 9.18 Å². The number of carbonyl (C=O) groups is 1. The minimum atomic E-state index is -0.270. The summed E-state index contributed by atoms with van der Waals surface area (Å²) in [5.74, 6) is 0.673. The Labute approximate surface area is 159 Å². The van der Waals surface area contributed by atoms with Crippen molar-refractivity contribution in [2.24, 2.45) is 5.92 Å². The number of hydrogen-bond acceptors (Lipinski definition) is 2. The largest absolute Gasteiger partial charge is 0.366 e. The number of amides is 1. The Kier molecular flexibility index (Phi) is 5.99. The van der Waals surface area contributed by atoms with Crippen LogP contribution in [0.4, 0.5) is 4.39 Å². The number of benzene rings is 1. The van der Waals surface area contributed by atoms with E-state index in [0.717, 1.165) is 49.5 Å². The van der Waals surface area contributed by atoms with Gasteiger partial charge in [0.15, 0.2) is 0 Å². The van der Waals surface area contributed by atoms with Gasteiger partial charge in [-0.3, -0.25) is 4.79 Å². The zero-order chi connectivity index (χ0) is 17.2. The van der Waals surface area contributed by atoms with Gasteiger partial charge >= 0.3 is 0 Å². The molecule has 0 bridgehead atoms. The molecule has 2 aromatic rings. The van der Waals surface area contributed by atoms with Crippen molar-refractivity contribution < 1.29 is 9.18 Å². The van der Waals surface area contributed by atoms with Gasteiger partial charge in [-0.2, -0.15) is 0 Å². The van der Waals surface area contributed by atoms with E-state index in [1.807, 2.05) is 11.1 Å². The van der Waals surface area contributed by atoms with Gasteiger partial charge in [-0.25, -0.2) is 4.39 Å². The number of aromatic nitrogens is 1. The molecule has 0 unspecified atom stereocenters. The molecule has 140 valence electrons. The number of halogens is 2. The number of H-pyrrole nitrogens is 1. The first-order chi connectivity index (χ1) is 12.2. The molecule has 2 aliphatic rings. The first-order valence-corrected chi connectivity index (χ1v) is 9.16. The van der Waals surface area contributed by atoms with Crippen LogP contribution >= 0.6 is 12.4 Å². The van der Waals surface area contributed by atoms with E-state index >= 15 is 0 Å². The van der Waals surface area contributed by atoms with Gasteiger partial charge in [0.2, 0.25) is 0 Å². The smallest absolute Gasteiger partial charge is 0.256 e.